The standard InChI is InChI=1S/C11H16BrNO5S2/c1-7(2)18-5-4-13(3)20(16,17)9-6-8(11(14)15)19-10(9)12/h6-7H,4-5H2,1-3H3,(H,14,15). The third-order valence-corrected chi connectivity index (χ3v) is 6.51. The van der Waals surface area contributed by atoms with Crippen molar-refractivity contribution in [2.45, 2.75) is 24.8 Å². The van der Waals surface area contributed by atoms with Crippen LogP contribution in [0.4, 0.5) is 0 Å². The summed E-state index contributed by atoms with van der Waals surface area (Å²) in [6, 6.07) is 1.16. The first-order valence-electron chi connectivity index (χ1n) is 5.76. The lowest BCUT2D eigenvalue weighted by molar-refractivity contribution is 0.0701. The summed E-state index contributed by atoms with van der Waals surface area (Å²) in [5.41, 5.74) is 0. The van der Waals surface area contributed by atoms with Gasteiger partial charge in [-0.1, -0.05) is 0 Å². The van der Waals surface area contributed by atoms with E-state index in [4.69, 9.17) is 9.84 Å². The summed E-state index contributed by atoms with van der Waals surface area (Å²) >= 11 is 3.97. The normalized spacial score (nSPS) is 12.3. The number of nitrogens with zero attached hydrogens (tertiary/aromatic N) is 1. The first kappa shape index (κ1) is 17.6. The molecule has 0 aliphatic heterocycles. The van der Waals surface area contributed by atoms with Gasteiger partial charge in [-0.25, -0.2) is 13.2 Å². The Morgan fingerprint density at radius 2 is 2.15 bits per heavy atom. The van der Waals surface area contributed by atoms with Crippen molar-refractivity contribution in [3.05, 3.63) is 14.7 Å². The highest BCUT2D eigenvalue weighted by molar-refractivity contribution is 9.11. The van der Waals surface area contributed by atoms with Gasteiger partial charge in [0.05, 0.1) is 16.5 Å². The van der Waals surface area contributed by atoms with Gasteiger partial charge in [0.1, 0.15) is 9.77 Å². The zero-order chi connectivity index (χ0) is 15.5. The monoisotopic (exact) mass is 385 g/mol. The van der Waals surface area contributed by atoms with E-state index in [1.807, 2.05) is 13.8 Å². The Bertz CT molecular complexity index is 582. The van der Waals surface area contributed by atoms with E-state index in [0.717, 1.165) is 21.7 Å². The molecule has 0 saturated heterocycles. The third kappa shape index (κ3) is 4.26. The summed E-state index contributed by atoms with van der Waals surface area (Å²) in [5, 5.41) is 8.89. The van der Waals surface area contributed by atoms with Crippen LogP contribution in [0.1, 0.15) is 23.5 Å². The van der Waals surface area contributed by atoms with Crippen molar-refractivity contribution in [3.8, 4) is 0 Å². The molecule has 0 amide bonds. The van der Waals surface area contributed by atoms with Crippen molar-refractivity contribution in [2.75, 3.05) is 20.2 Å². The van der Waals surface area contributed by atoms with Crippen molar-refractivity contribution in [1.82, 2.24) is 4.31 Å². The van der Waals surface area contributed by atoms with Gasteiger partial charge in [0.25, 0.3) is 0 Å². The number of hydrogen-bond acceptors (Lipinski definition) is 5. The number of aromatic carboxylic acids is 1. The van der Waals surface area contributed by atoms with E-state index in [0.29, 0.717) is 0 Å². The number of rotatable bonds is 7. The van der Waals surface area contributed by atoms with Crippen LogP contribution in [0.15, 0.2) is 14.7 Å². The first-order chi connectivity index (χ1) is 9.16. The number of halogens is 1. The van der Waals surface area contributed by atoms with Gasteiger partial charge in [-0.15, -0.1) is 11.3 Å². The van der Waals surface area contributed by atoms with Crippen LogP contribution in [0, 0.1) is 0 Å². The fourth-order valence-electron chi connectivity index (χ4n) is 1.34. The molecule has 0 saturated carbocycles. The lowest BCUT2D eigenvalue weighted by atomic mass is 10.5. The molecule has 6 nitrogen and oxygen atoms in total. The quantitative estimate of drug-likeness (QED) is 0.777. The van der Waals surface area contributed by atoms with E-state index in [1.54, 1.807) is 0 Å². The minimum Gasteiger partial charge on any atom is -0.477 e. The van der Waals surface area contributed by atoms with Crippen LogP contribution in [0.2, 0.25) is 0 Å². The molecule has 1 N–H and O–H groups in total. The van der Waals surface area contributed by atoms with E-state index < -0.39 is 16.0 Å². The summed E-state index contributed by atoms with van der Waals surface area (Å²) in [4.78, 5) is 10.8. The van der Waals surface area contributed by atoms with Crippen molar-refractivity contribution >= 4 is 43.3 Å². The molecule has 0 spiro atoms. The van der Waals surface area contributed by atoms with E-state index in [9.17, 15) is 13.2 Å². The Hall–Kier alpha value is -0.480. The summed E-state index contributed by atoms with van der Waals surface area (Å²) in [5.74, 6) is -1.15. The topological polar surface area (TPSA) is 83.9 Å². The molecule has 0 radical (unpaired) electrons. The fourth-order valence-corrected chi connectivity index (χ4v) is 4.84. The van der Waals surface area contributed by atoms with Gasteiger partial charge in [-0.05, 0) is 35.8 Å². The van der Waals surface area contributed by atoms with Crippen molar-refractivity contribution < 1.29 is 23.1 Å². The first-order valence-corrected chi connectivity index (χ1v) is 8.81. The summed E-state index contributed by atoms with van der Waals surface area (Å²) in [7, 11) is -2.29. The largest absolute Gasteiger partial charge is 0.477 e. The maximum atomic E-state index is 12.3. The van der Waals surface area contributed by atoms with Gasteiger partial charge in [-0.3, -0.25) is 0 Å². The molecule has 114 valence electrons. The van der Waals surface area contributed by atoms with Crippen LogP contribution in [0.25, 0.3) is 0 Å². The lowest BCUT2D eigenvalue weighted by Crippen LogP contribution is -2.30. The van der Waals surface area contributed by atoms with Crippen molar-refractivity contribution in [1.29, 1.82) is 0 Å². The van der Waals surface area contributed by atoms with Gasteiger partial charge < -0.3 is 9.84 Å². The van der Waals surface area contributed by atoms with Gasteiger partial charge in [0.15, 0.2) is 0 Å². The summed E-state index contributed by atoms with van der Waals surface area (Å²) in [6.07, 6.45) is 0.0256. The van der Waals surface area contributed by atoms with E-state index in [2.05, 4.69) is 15.9 Å². The van der Waals surface area contributed by atoms with E-state index in [1.165, 1.54) is 7.05 Å². The Morgan fingerprint density at radius 3 is 2.60 bits per heavy atom. The number of likely N-dealkylation sites (N-methyl/N-ethyl adjacent to an activating group) is 1. The highest BCUT2D eigenvalue weighted by Gasteiger charge is 2.27. The Balaban J connectivity index is 2.90. The number of hydrogen-bond donors (Lipinski definition) is 1. The van der Waals surface area contributed by atoms with Crippen LogP contribution >= 0.6 is 27.3 Å². The van der Waals surface area contributed by atoms with Crippen LogP contribution < -0.4 is 0 Å². The van der Waals surface area contributed by atoms with Crippen molar-refractivity contribution in [3.63, 3.8) is 0 Å². The molecule has 1 heterocycles. The zero-order valence-corrected chi connectivity index (χ0v) is 14.5. The fraction of sp³-hybridized carbons (Fsp3) is 0.545. The lowest BCUT2D eigenvalue weighted by Gasteiger charge is -2.17. The number of sulfonamides is 1. The molecule has 1 aromatic rings. The third-order valence-electron chi connectivity index (χ3n) is 2.41. The molecule has 0 atom stereocenters. The highest BCUT2D eigenvalue weighted by atomic mass is 79.9. The molecular formula is C11H16BrNO5S2. The maximum Gasteiger partial charge on any atom is 0.345 e. The average molecular weight is 386 g/mol. The second kappa shape index (κ2) is 6.99. The number of thiophene rings is 1. The molecule has 0 unspecified atom stereocenters. The molecule has 9 heteroatoms. The van der Waals surface area contributed by atoms with Gasteiger partial charge >= 0.3 is 5.97 Å². The van der Waals surface area contributed by atoms with Crippen LogP contribution in [0.3, 0.4) is 0 Å². The molecule has 20 heavy (non-hydrogen) atoms. The van der Waals surface area contributed by atoms with Crippen LogP contribution in [0.5, 0.6) is 0 Å². The average Bonchev–Trinajstić information content (AvgIpc) is 2.71. The second-order valence-electron chi connectivity index (χ2n) is 4.30. The summed E-state index contributed by atoms with van der Waals surface area (Å²) < 4.78 is 31.4. The van der Waals surface area contributed by atoms with Gasteiger partial charge in [0.2, 0.25) is 10.0 Å². The van der Waals surface area contributed by atoms with Gasteiger partial charge in [0, 0.05) is 13.6 Å². The smallest absolute Gasteiger partial charge is 0.345 e. The van der Waals surface area contributed by atoms with Crippen LogP contribution in [-0.4, -0.2) is 50.1 Å². The van der Waals surface area contributed by atoms with Gasteiger partial charge in [-0.2, -0.15) is 4.31 Å². The molecule has 1 rings (SSSR count). The zero-order valence-electron chi connectivity index (χ0n) is 11.3. The SMILES string of the molecule is CC(C)OCCN(C)S(=O)(=O)c1cc(C(=O)O)sc1Br. The number of carboxylic acid groups (broad SMARTS) is 1. The van der Waals surface area contributed by atoms with E-state index >= 15 is 0 Å². The predicted molar refractivity (Wildman–Crippen MR) is 79.9 cm³/mol. The molecule has 1 aromatic heterocycles. The molecule has 0 bridgehead atoms. The Morgan fingerprint density at radius 1 is 1.55 bits per heavy atom. The second-order valence-corrected chi connectivity index (χ2v) is 8.68. The van der Waals surface area contributed by atoms with E-state index in [-0.39, 0.29) is 32.8 Å². The molecule has 0 aliphatic rings. The predicted octanol–water partition coefficient (Wildman–Crippen LogP) is 2.25. The molecule has 0 fully saturated rings. The molecular weight excluding hydrogens is 370 g/mol. The highest BCUT2D eigenvalue weighted by Crippen LogP contribution is 2.33. The Kier molecular flexibility index (Phi) is 6.14. The summed E-state index contributed by atoms with van der Waals surface area (Å²) in [6.45, 7) is 4.21. The van der Waals surface area contributed by atoms with Crippen LogP contribution in [-0.2, 0) is 14.8 Å². The minimum absolute atomic E-state index is 0.0256. The Labute approximate surface area is 130 Å². The number of carbonyl (C=O) groups is 1. The minimum atomic E-state index is -3.73. The number of carboxylic acids is 1. The number of ether oxygens (including phenoxy) is 1. The van der Waals surface area contributed by atoms with Crippen molar-refractivity contribution in [2.24, 2.45) is 0 Å². The molecule has 0 aromatic carbocycles. The maximum absolute atomic E-state index is 12.3. The molecule has 0 aliphatic carbocycles.